The van der Waals surface area contributed by atoms with Gasteiger partial charge in [0.2, 0.25) is 5.89 Å². The molecule has 1 atom stereocenters. The molecule has 0 bridgehead atoms. The molecule has 0 amide bonds. The van der Waals surface area contributed by atoms with Gasteiger partial charge in [-0.1, -0.05) is 18.2 Å². The summed E-state index contributed by atoms with van der Waals surface area (Å²) in [5.41, 5.74) is 2.00. The van der Waals surface area contributed by atoms with Crippen LogP contribution in [-0.2, 0) is 6.54 Å². The fourth-order valence-electron chi connectivity index (χ4n) is 3.38. The third kappa shape index (κ3) is 3.75. The molecule has 1 aromatic carbocycles. The van der Waals surface area contributed by atoms with Crippen molar-refractivity contribution in [1.82, 2.24) is 20.1 Å². The fraction of sp³-hybridized carbons (Fsp3) is 0.350. The number of rotatable bonds is 5. The molecule has 0 radical (unpaired) electrons. The van der Waals surface area contributed by atoms with Crippen molar-refractivity contribution in [3.05, 3.63) is 60.1 Å². The van der Waals surface area contributed by atoms with Crippen molar-refractivity contribution < 1.29 is 9.15 Å². The molecule has 134 valence electrons. The van der Waals surface area contributed by atoms with E-state index in [1.54, 1.807) is 13.3 Å². The second-order valence-electron chi connectivity index (χ2n) is 6.58. The third-order valence-corrected chi connectivity index (χ3v) is 4.74. The van der Waals surface area contributed by atoms with Gasteiger partial charge in [0.05, 0.1) is 13.0 Å². The van der Waals surface area contributed by atoms with Crippen LogP contribution < -0.4 is 4.74 Å². The zero-order valence-corrected chi connectivity index (χ0v) is 14.8. The zero-order chi connectivity index (χ0) is 17.8. The Labute approximate surface area is 152 Å². The van der Waals surface area contributed by atoms with E-state index in [0.717, 1.165) is 43.9 Å². The Hall–Kier alpha value is -2.73. The van der Waals surface area contributed by atoms with E-state index >= 15 is 0 Å². The van der Waals surface area contributed by atoms with Gasteiger partial charge < -0.3 is 9.15 Å². The standard InChI is InChI=1S/C20H22N4O2/c1-25-17-9-7-15(8-10-17)13-24-12-4-5-16(14-24)19-22-23-20(26-19)18-6-2-3-11-21-18/h2-3,6-11,16H,4-5,12-14H2,1H3/t16-/m0/s1. The van der Waals surface area contributed by atoms with Crippen LogP contribution in [0.3, 0.4) is 0 Å². The Morgan fingerprint density at radius 3 is 2.81 bits per heavy atom. The molecule has 0 unspecified atom stereocenters. The summed E-state index contributed by atoms with van der Waals surface area (Å²) in [6.45, 7) is 2.93. The van der Waals surface area contributed by atoms with Gasteiger partial charge in [-0.25, -0.2) is 0 Å². The highest BCUT2D eigenvalue weighted by atomic mass is 16.5. The molecule has 6 heteroatoms. The van der Waals surface area contributed by atoms with Crippen LogP contribution in [0.2, 0.25) is 0 Å². The number of aromatic nitrogens is 3. The van der Waals surface area contributed by atoms with Crippen molar-refractivity contribution >= 4 is 0 Å². The van der Waals surface area contributed by atoms with Gasteiger partial charge in [-0.15, -0.1) is 10.2 Å². The van der Waals surface area contributed by atoms with Crippen molar-refractivity contribution in [2.75, 3.05) is 20.2 Å². The van der Waals surface area contributed by atoms with Gasteiger partial charge in [0.1, 0.15) is 11.4 Å². The Morgan fingerprint density at radius 1 is 1.15 bits per heavy atom. The number of nitrogens with zero attached hydrogens (tertiary/aromatic N) is 4. The van der Waals surface area contributed by atoms with E-state index in [-0.39, 0.29) is 5.92 Å². The van der Waals surface area contributed by atoms with Gasteiger partial charge >= 0.3 is 0 Å². The monoisotopic (exact) mass is 350 g/mol. The van der Waals surface area contributed by atoms with E-state index in [2.05, 4.69) is 32.2 Å². The highest BCUT2D eigenvalue weighted by Crippen LogP contribution is 2.28. The first-order chi connectivity index (χ1) is 12.8. The number of ether oxygens (including phenoxy) is 1. The molecule has 1 aliphatic heterocycles. The summed E-state index contributed by atoms with van der Waals surface area (Å²) in [5.74, 6) is 2.36. The van der Waals surface area contributed by atoms with Gasteiger partial charge in [0.15, 0.2) is 0 Å². The molecule has 0 spiro atoms. The normalized spacial score (nSPS) is 18.0. The lowest BCUT2D eigenvalue weighted by Gasteiger charge is -2.31. The van der Waals surface area contributed by atoms with E-state index in [1.165, 1.54) is 5.56 Å². The number of pyridine rings is 1. The molecule has 0 saturated carbocycles. The maximum atomic E-state index is 5.91. The lowest BCUT2D eigenvalue weighted by atomic mass is 9.97. The lowest BCUT2D eigenvalue weighted by Crippen LogP contribution is -2.34. The topological polar surface area (TPSA) is 64.3 Å². The lowest BCUT2D eigenvalue weighted by molar-refractivity contribution is 0.186. The summed E-state index contributed by atoms with van der Waals surface area (Å²) < 4.78 is 11.1. The van der Waals surface area contributed by atoms with Gasteiger partial charge in [0.25, 0.3) is 5.89 Å². The molecule has 0 aliphatic carbocycles. The SMILES string of the molecule is COc1ccc(CN2CCC[C@H](c3nnc(-c4ccccn4)o3)C2)cc1. The second-order valence-corrected chi connectivity index (χ2v) is 6.58. The molecule has 4 rings (SSSR count). The summed E-state index contributed by atoms with van der Waals surface area (Å²) in [5, 5.41) is 8.46. The van der Waals surface area contributed by atoms with Crippen molar-refractivity contribution in [2.45, 2.75) is 25.3 Å². The van der Waals surface area contributed by atoms with Crippen molar-refractivity contribution in [2.24, 2.45) is 0 Å². The molecule has 1 saturated heterocycles. The Morgan fingerprint density at radius 2 is 2.04 bits per heavy atom. The van der Waals surface area contributed by atoms with Crippen LogP contribution in [0.1, 0.15) is 30.2 Å². The largest absolute Gasteiger partial charge is 0.497 e. The summed E-state index contributed by atoms with van der Waals surface area (Å²) in [7, 11) is 1.69. The number of methoxy groups -OCH3 is 1. The van der Waals surface area contributed by atoms with Gasteiger partial charge in [-0.3, -0.25) is 9.88 Å². The number of piperidine rings is 1. The number of hydrogen-bond acceptors (Lipinski definition) is 6. The summed E-state index contributed by atoms with van der Waals surface area (Å²) >= 11 is 0. The predicted molar refractivity (Wildman–Crippen MR) is 97.8 cm³/mol. The zero-order valence-electron chi connectivity index (χ0n) is 14.8. The highest BCUT2D eigenvalue weighted by Gasteiger charge is 2.26. The highest BCUT2D eigenvalue weighted by molar-refractivity contribution is 5.45. The first-order valence-corrected chi connectivity index (χ1v) is 8.92. The van der Waals surface area contributed by atoms with E-state index in [1.807, 2.05) is 30.3 Å². The molecule has 0 N–H and O–H groups in total. The average molecular weight is 350 g/mol. The van der Waals surface area contributed by atoms with Crippen molar-refractivity contribution in [1.29, 1.82) is 0 Å². The summed E-state index contributed by atoms with van der Waals surface area (Å²) in [4.78, 5) is 6.72. The molecule has 2 aromatic heterocycles. The Balaban J connectivity index is 1.42. The Bertz CT molecular complexity index is 833. The molecule has 1 fully saturated rings. The molecule has 3 aromatic rings. The van der Waals surface area contributed by atoms with Crippen LogP contribution >= 0.6 is 0 Å². The van der Waals surface area contributed by atoms with Gasteiger partial charge in [0, 0.05) is 19.3 Å². The van der Waals surface area contributed by atoms with Crippen LogP contribution in [0, 0.1) is 0 Å². The van der Waals surface area contributed by atoms with E-state index in [4.69, 9.17) is 9.15 Å². The average Bonchev–Trinajstić information content (AvgIpc) is 3.20. The van der Waals surface area contributed by atoms with E-state index < -0.39 is 0 Å². The third-order valence-electron chi connectivity index (χ3n) is 4.74. The first-order valence-electron chi connectivity index (χ1n) is 8.92. The minimum atomic E-state index is 0.270. The van der Waals surface area contributed by atoms with Gasteiger partial charge in [-0.05, 0) is 49.2 Å². The quantitative estimate of drug-likeness (QED) is 0.701. The Kier molecular flexibility index (Phi) is 4.93. The maximum absolute atomic E-state index is 5.91. The molecule has 3 heterocycles. The number of benzene rings is 1. The van der Waals surface area contributed by atoms with E-state index in [9.17, 15) is 0 Å². The van der Waals surface area contributed by atoms with Crippen LogP contribution in [-0.4, -0.2) is 40.3 Å². The van der Waals surface area contributed by atoms with Crippen LogP contribution in [0.15, 0.2) is 53.1 Å². The fourth-order valence-corrected chi connectivity index (χ4v) is 3.38. The molecular formula is C20H22N4O2. The predicted octanol–water partition coefficient (Wildman–Crippen LogP) is 3.52. The number of hydrogen-bond donors (Lipinski definition) is 0. The minimum Gasteiger partial charge on any atom is -0.497 e. The first kappa shape index (κ1) is 16.7. The number of likely N-dealkylation sites (tertiary alicyclic amines) is 1. The summed E-state index contributed by atoms with van der Waals surface area (Å²) in [6, 6.07) is 13.9. The summed E-state index contributed by atoms with van der Waals surface area (Å²) in [6.07, 6.45) is 3.93. The van der Waals surface area contributed by atoms with Crippen LogP contribution in [0.5, 0.6) is 5.75 Å². The molecular weight excluding hydrogens is 328 g/mol. The second kappa shape index (κ2) is 7.66. The molecule has 26 heavy (non-hydrogen) atoms. The molecule has 6 nitrogen and oxygen atoms in total. The van der Waals surface area contributed by atoms with Crippen LogP contribution in [0.25, 0.3) is 11.6 Å². The maximum Gasteiger partial charge on any atom is 0.266 e. The molecule has 1 aliphatic rings. The smallest absolute Gasteiger partial charge is 0.266 e. The van der Waals surface area contributed by atoms with Crippen LogP contribution in [0.4, 0.5) is 0 Å². The van der Waals surface area contributed by atoms with Crippen molar-refractivity contribution in [3.8, 4) is 17.3 Å². The minimum absolute atomic E-state index is 0.270. The van der Waals surface area contributed by atoms with E-state index in [0.29, 0.717) is 11.8 Å². The van der Waals surface area contributed by atoms with Gasteiger partial charge in [-0.2, -0.15) is 0 Å². The van der Waals surface area contributed by atoms with Crippen molar-refractivity contribution in [3.63, 3.8) is 0 Å².